The number of ether oxygens (including phenoxy) is 1. The van der Waals surface area contributed by atoms with E-state index in [-0.39, 0.29) is 12.4 Å². The fourth-order valence-corrected chi connectivity index (χ4v) is 2.86. The molecule has 2 rings (SSSR count). The molecule has 0 amide bonds. The SMILES string of the molecule is CCOC(=O)/C(C)=N/NC.Cc1ccc2sccc2c1CC(=O)O. The van der Waals surface area contributed by atoms with E-state index in [4.69, 9.17) is 5.11 Å². The molecule has 0 aliphatic heterocycles. The number of carbonyl (C=O) groups excluding carboxylic acids is 1. The van der Waals surface area contributed by atoms with Crippen molar-refractivity contribution in [2.24, 2.45) is 5.10 Å². The van der Waals surface area contributed by atoms with Crippen molar-refractivity contribution in [3.8, 4) is 0 Å². The van der Waals surface area contributed by atoms with Gasteiger partial charge in [0.05, 0.1) is 13.0 Å². The highest BCUT2D eigenvalue weighted by atomic mass is 32.1. The van der Waals surface area contributed by atoms with Crippen LogP contribution in [0.2, 0.25) is 0 Å². The summed E-state index contributed by atoms with van der Waals surface area (Å²) in [5.41, 5.74) is 4.83. The van der Waals surface area contributed by atoms with Crippen LogP contribution in [-0.4, -0.2) is 36.4 Å². The molecule has 2 N–H and O–H groups in total. The van der Waals surface area contributed by atoms with Gasteiger partial charge in [-0.25, -0.2) is 4.79 Å². The molecule has 0 saturated carbocycles. The number of thiophene rings is 1. The standard InChI is InChI=1S/C11H10O2S.C6H12N2O2/c1-7-2-3-10-8(4-5-14-10)9(7)6-11(12)13;1-4-10-6(9)5(2)8-7-3/h2-5H,6H2,1H3,(H,12,13);7H,4H2,1-3H3/b;8-5+. The lowest BCUT2D eigenvalue weighted by molar-refractivity contribution is -0.136. The van der Waals surface area contributed by atoms with Crippen LogP contribution >= 0.6 is 11.3 Å². The predicted molar refractivity (Wildman–Crippen MR) is 96.7 cm³/mol. The third-order valence-corrected chi connectivity index (χ3v) is 4.04. The maximum absolute atomic E-state index is 10.7. The van der Waals surface area contributed by atoms with Crippen LogP contribution in [0, 0.1) is 6.92 Å². The number of hydrogen-bond acceptors (Lipinski definition) is 6. The summed E-state index contributed by atoms with van der Waals surface area (Å²) in [7, 11) is 1.63. The van der Waals surface area contributed by atoms with Crippen LogP contribution in [0.15, 0.2) is 28.7 Å². The summed E-state index contributed by atoms with van der Waals surface area (Å²) in [5.74, 6) is -1.15. The minimum absolute atomic E-state index is 0.111. The summed E-state index contributed by atoms with van der Waals surface area (Å²) < 4.78 is 5.81. The number of nitrogens with one attached hydrogen (secondary N) is 1. The summed E-state index contributed by atoms with van der Waals surface area (Å²) in [6, 6.07) is 6.02. The molecule has 1 aromatic heterocycles. The Bertz CT molecular complexity index is 737. The first-order chi connectivity index (χ1) is 11.4. The van der Waals surface area contributed by atoms with Crippen molar-refractivity contribution in [3.05, 3.63) is 34.7 Å². The van der Waals surface area contributed by atoms with Gasteiger partial charge in [-0.15, -0.1) is 11.3 Å². The Morgan fingerprint density at radius 2 is 2.04 bits per heavy atom. The molecule has 0 spiro atoms. The third-order valence-electron chi connectivity index (χ3n) is 3.16. The first kappa shape index (κ1) is 19.6. The van der Waals surface area contributed by atoms with E-state index >= 15 is 0 Å². The molecule has 0 aliphatic rings. The van der Waals surface area contributed by atoms with E-state index in [1.54, 1.807) is 32.2 Å². The van der Waals surface area contributed by atoms with E-state index in [0.29, 0.717) is 12.3 Å². The fraction of sp³-hybridized carbons (Fsp3) is 0.353. The Morgan fingerprint density at radius 1 is 1.33 bits per heavy atom. The van der Waals surface area contributed by atoms with Crippen LogP contribution in [0.25, 0.3) is 10.1 Å². The lowest BCUT2D eigenvalue weighted by Crippen LogP contribution is -2.16. The second-order valence-electron chi connectivity index (χ2n) is 4.91. The van der Waals surface area contributed by atoms with Gasteiger partial charge in [0.15, 0.2) is 0 Å². The van der Waals surface area contributed by atoms with Gasteiger partial charge in [0, 0.05) is 11.7 Å². The number of carbonyl (C=O) groups is 2. The normalized spacial score (nSPS) is 10.8. The van der Waals surface area contributed by atoms with E-state index < -0.39 is 5.97 Å². The molecule has 7 heteroatoms. The third kappa shape index (κ3) is 5.66. The van der Waals surface area contributed by atoms with Crippen molar-refractivity contribution in [1.29, 1.82) is 0 Å². The lowest BCUT2D eigenvalue weighted by atomic mass is 10.0. The number of rotatable bonds is 5. The first-order valence-corrected chi connectivity index (χ1v) is 8.34. The van der Waals surface area contributed by atoms with Gasteiger partial charge in [-0.2, -0.15) is 5.10 Å². The van der Waals surface area contributed by atoms with Gasteiger partial charge in [-0.3, -0.25) is 4.79 Å². The molecular weight excluding hydrogens is 328 g/mol. The van der Waals surface area contributed by atoms with E-state index in [2.05, 4.69) is 15.3 Å². The minimum Gasteiger partial charge on any atom is -0.481 e. The molecule has 0 fully saturated rings. The Kier molecular flexibility index (Phi) is 7.91. The number of hydrazone groups is 1. The molecule has 1 heterocycles. The molecule has 0 aliphatic carbocycles. The average molecular weight is 350 g/mol. The number of benzene rings is 1. The number of hydrogen-bond donors (Lipinski definition) is 2. The second kappa shape index (κ2) is 9.67. The van der Waals surface area contributed by atoms with Crippen molar-refractivity contribution < 1.29 is 19.4 Å². The zero-order valence-electron chi connectivity index (χ0n) is 14.3. The molecule has 130 valence electrons. The molecule has 1 aromatic carbocycles. The summed E-state index contributed by atoms with van der Waals surface area (Å²) in [4.78, 5) is 21.4. The Hall–Kier alpha value is -2.41. The number of fused-ring (bicyclic) bond motifs is 1. The molecule has 0 saturated heterocycles. The Labute approximate surface area is 145 Å². The minimum atomic E-state index is -0.771. The van der Waals surface area contributed by atoms with Crippen LogP contribution in [0.1, 0.15) is 25.0 Å². The van der Waals surface area contributed by atoms with Gasteiger partial charge in [-0.1, -0.05) is 6.07 Å². The van der Waals surface area contributed by atoms with E-state index in [1.165, 1.54) is 0 Å². The Morgan fingerprint density at radius 3 is 2.62 bits per heavy atom. The number of carboxylic acids is 1. The maximum Gasteiger partial charge on any atom is 0.354 e. The van der Waals surface area contributed by atoms with Crippen molar-refractivity contribution in [2.45, 2.75) is 27.2 Å². The number of nitrogens with zero attached hydrogens (tertiary/aromatic N) is 1. The second-order valence-corrected chi connectivity index (χ2v) is 5.85. The summed E-state index contributed by atoms with van der Waals surface area (Å²) >= 11 is 1.64. The van der Waals surface area contributed by atoms with Gasteiger partial charge in [0.1, 0.15) is 5.71 Å². The molecule has 2 aromatic rings. The van der Waals surface area contributed by atoms with E-state index in [9.17, 15) is 9.59 Å². The summed E-state index contributed by atoms with van der Waals surface area (Å²) in [6.07, 6.45) is 0.111. The average Bonchev–Trinajstić information content (AvgIpc) is 3.00. The number of carboxylic acid groups (broad SMARTS) is 1. The zero-order chi connectivity index (χ0) is 18.1. The largest absolute Gasteiger partial charge is 0.481 e. The van der Waals surface area contributed by atoms with Crippen LogP contribution in [-0.2, 0) is 20.7 Å². The van der Waals surface area contributed by atoms with Gasteiger partial charge in [0.2, 0.25) is 0 Å². The molecular formula is C17H22N2O4S. The number of aliphatic carboxylic acids is 1. The summed E-state index contributed by atoms with van der Waals surface area (Å²) in [5, 5.41) is 15.5. The fourth-order valence-electron chi connectivity index (χ4n) is 2.05. The van der Waals surface area contributed by atoms with Crippen molar-refractivity contribution in [2.75, 3.05) is 13.7 Å². The van der Waals surface area contributed by atoms with Crippen LogP contribution in [0.3, 0.4) is 0 Å². The van der Waals surface area contributed by atoms with Crippen molar-refractivity contribution in [3.63, 3.8) is 0 Å². The lowest BCUT2D eigenvalue weighted by Gasteiger charge is -2.04. The molecule has 6 nitrogen and oxygen atoms in total. The highest BCUT2D eigenvalue weighted by molar-refractivity contribution is 7.17. The van der Waals surface area contributed by atoms with Gasteiger partial charge in [-0.05, 0) is 54.8 Å². The first-order valence-electron chi connectivity index (χ1n) is 7.46. The molecule has 24 heavy (non-hydrogen) atoms. The highest BCUT2D eigenvalue weighted by Gasteiger charge is 2.09. The van der Waals surface area contributed by atoms with E-state index in [0.717, 1.165) is 21.2 Å². The van der Waals surface area contributed by atoms with Gasteiger partial charge in [0.25, 0.3) is 0 Å². The maximum atomic E-state index is 10.7. The number of aryl methyl sites for hydroxylation is 1. The Balaban J connectivity index is 0.000000257. The van der Waals surface area contributed by atoms with Crippen LogP contribution in [0.4, 0.5) is 0 Å². The van der Waals surface area contributed by atoms with Gasteiger partial charge < -0.3 is 15.3 Å². The molecule has 0 radical (unpaired) electrons. The quantitative estimate of drug-likeness (QED) is 0.492. The summed E-state index contributed by atoms with van der Waals surface area (Å²) in [6.45, 7) is 5.68. The van der Waals surface area contributed by atoms with Crippen molar-refractivity contribution in [1.82, 2.24) is 5.43 Å². The van der Waals surface area contributed by atoms with Crippen LogP contribution < -0.4 is 5.43 Å². The zero-order valence-corrected chi connectivity index (χ0v) is 15.1. The van der Waals surface area contributed by atoms with Crippen LogP contribution in [0.5, 0.6) is 0 Å². The van der Waals surface area contributed by atoms with Crippen molar-refractivity contribution >= 4 is 39.1 Å². The highest BCUT2D eigenvalue weighted by Crippen LogP contribution is 2.27. The topological polar surface area (TPSA) is 88.0 Å². The predicted octanol–water partition coefficient (Wildman–Crippen LogP) is 2.98. The molecule has 0 unspecified atom stereocenters. The number of esters is 1. The molecule has 0 atom stereocenters. The smallest absolute Gasteiger partial charge is 0.354 e. The van der Waals surface area contributed by atoms with E-state index in [1.807, 2.05) is 30.5 Å². The van der Waals surface area contributed by atoms with Gasteiger partial charge >= 0.3 is 11.9 Å². The monoisotopic (exact) mass is 350 g/mol. The molecule has 0 bridgehead atoms.